The fraction of sp³-hybridized carbons (Fsp3) is 0.167. The van der Waals surface area contributed by atoms with E-state index in [0.717, 1.165) is 4.90 Å². The number of thiophene rings is 1. The molecule has 0 atom stereocenters. The van der Waals surface area contributed by atoms with Crippen molar-refractivity contribution in [1.29, 1.82) is 0 Å². The Morgan fingerprint density at radius 3 is 2.94 bits per heavy atom. The van der Waals surface area contributed by atoms with Crippen LogP contribution in [0, 0.1) is 0 Å². The van der Waals surface area contributed by atoms with E-state index in [4.69, 9.17) is 4.74 Å². The lowest BCUT2D eigenvalue weighted by atomic mass is 10.4. The van der Waals surface area contributed by atoms with Crippen LogP contribution in [-0.4, -0.2) is 17.5 Å². The summed E-state index contributed by atoms with van der Waals surface area (Å²) < 4.78 is 5.22. The maximum Gasteiger partial charge on any atom is 0.265 e. The first-order valence-electron chi connectivity index (χ1n) is 5.36. The molecule has 0 aliphatic heterocycles. The number of carbonyl (C=O) groups excluding carboxylic acids is 1. The van der Waals surface area contributed by atoms with Gasteiger partial charge in [0.05, 0.1) is 23.4 Å². The third kappa shape index (κ3) is 3.24. The van der Waals surface area contributed by atoms with Crippen molar-refractivity contribution in [2.24, 2.45) is 0 Å². The summed E-state index contributed by atoms with van der Waals surface area (Å²) in [7, 11) is 0. The standard InChI is InChI=1S/C12H12N2O2S2/c1-2-16-11-4-3-8(6-13-11)14-12(15)10-5-9(17)7-18-10/h3-7,17H,2H2,1H3,(H,14,15). The van der Waals surface area contributed by atoms with Gasteiger partial charge in [-0.15, -0.1) is 24.0 Å². The van der Waals surface area contributed by atoms with E-state index in [-0.39, 0.29) is 5.91 Å². The number of hydrogen-bond acceptors (Lipinski definition) is 5. The lowest BCUT2D eigenvalue weighted by Crippen LogP contribution is -2.10. The Balaban J connectivity index is 2.03. The summed E-state index contributed by atoms with van der Waals surface area (Å²) in [6.07, 6.45) is 1.57. The Kier molecular flexibility index (Phi) is 4.22. The number of anilines is 1. The van der Waals surface area contributed by atoms with Gasteiger partial charge in [0.15, 0.2) is 0 Å². The van der Waals surface area contributed by atoms with Crippen molar-refractivity contribution in [3.05, 3.63) is 34.7 Å². The summed E-state index contributed by atoms with van der Waals surface area (Å²) in [6, 6.07) is 5.20. The fourth-order valence-electron chi connectivity index (χ4n) is 1.33. The molecule has 1 N–H and O–H groups in total. The second kappa shape index (κ2) is 5.88. The molecule has 0 spiro atoms. The topological polar surface area (TPSA) is 51.2 Å². The molecule has 2 aromatic heterocycles. The maximum absolute atomic E-state index is 11.8. The molecule has 0 aliphatic carbocycles. The molecule has 0 radical (unpaired) electrons. The van der Waals surface area contributed by atoms with Gasteiger partial charge in [0.2, 0.25) is 5.88 Å². The van der Waals surface area contributed by atoms with Crippen LogP contribution in [0.5, 0.6) is 5.88 Å². The van der Waals surface area contributed by atoms with E-state index in [1.54, 1.807) is 24.4 Å². The minimum atomic E-state index is -0.161. The minimum absolute atomic E-state index is 0.161. The number of amides is 1. The summed E-state index contributed by atoms with van der Waals surface area (Å²) in [6.45, 7) is 2.46. The molecule has 0 aromatic carbocycles. The van der Waals surface area contributed by atoms with Gasteiger partial charge in [0.25, 0.3) is 5.91 Å². The second-order valence-corrected chi connectivity index (χ2v) is 4.87. The van der Waals surface area contributed by atoms with Gasteiger partial charge in [-0.05, 0) is 19.1 Å². The average molecular weight is 280 g/mol. The van der Waals surface area contributed by atoms with E-state index < -0.39 is 0 Å². The van der Waals surface area contributed by atoms with Crippen LogP contribution in [0.4, 0.5) is 5.69 Å². The Morgan fingerprint density at radius 2 is 2.39 bits per heavy atom. The normalized spacial score (nSPS) is 10.1. The quantitative estimate of drug-likeness (QED) is 0.846. The molecule has 2 heterocycles. The second-order valence-electron chi connectivity index (χ2n) is 3.44. The van der Waals surface area contributed by atoms with Crippen molar-refractivity contribution < 1.29 is 9.53 Å². The van der Waals surface area contributed by atoms with E-state index in [0.29, 0.717) is 23.1 Å². The maximum atomic E-state index is 11.8. The highest BCUT2D eigenvalue weighted by Crippen LogP contribution is 2.19. The van der Waals surface area contributed by atoms with E-state index in [2.05, 4.69) is 22.9 Å². The summed E-state index contributed by atoms with van der Waals surface area (Å²) in [5, 5.41) is 4.57. The number of aromatic nitrogens is 1. The number of carbonyl (C=O) groups is 1. The number of nitrogens with one attached hydrogen (secondary N) is 1. The van der Waals surface area contributed by atoms with Gasteiger partial charge in [-0.2, -0.15) is 0 Å². The molecule has 1 amide bonds. The first-order valence-corrected chi connectivity index (χ1v) is 6.69. The highest BCUT2D eigenvalue weighted by atomic mass is 32.1. The Bertz CT molecular complexity index is 537. The van der Waals surface area contributed by atoms with Crippen LogP contribution in [0.15, 0.2) is 34.7 Å². The molecule has 0 bridgehead atoms. The molecule has 2 aromatic rings. The van der Waals surface area contributed by atoms with E-state index >= 15 is 0 Å². The highest BCUT2D eigenvalue weighted by Gasteiger charge is 2.08. The summed E-state index contributed by atoms with van der Waals surface area (Å²) in [4.78, 5) is 17.3. The molecular formula is C12H12N2O2S2. The van der Waals surface area contributed by atoms with Crippen LogP contribution in [0.1, 0.15) is 16.6 Å². The van der Waals surface area contributed by atoms with Crippen LogP contribution in [-0.2, 0) is 0 Å². The fourth-order valence-corrected chi connectivity index (χ4v) is 2.37. The Hall–Kier alpha value is -1.53. The molecular weight excluding hydrogens is 268 g/mol. The van der Waals surface area contributed by atoms with Gasteiger partial charge in [-0.3, -0.25) is 4.79 Å². The van der Waals surface area contributed by atoms with Crippen molar-refractivity contribution in [2.45, 2.75) is 11.8 Å². The predicted molar refractivity (Wildman–Crippen MR) is 74.9 cm³/mol. The van der Waals surface area contributed by atoms with Crippen molar-refractivity contribution in [3.8, 4) is 5.88 Å². The third-order valence-electron chi connectivity index (χ3n) is 2.10. The smallest absolute Gasteiger partial charge is 0.265 e. The van der Waals surface area contributed by atoms with Crippen molar-refractivity contribution in [1.82, 2.24) is 4.98 Å². The van der Waals surface area contributed by atoms with Crippen LogP contribution in [0.25, 0.3) is 0 Å². The summed E-state index contributed by atoms with van der Waals surface area (Å²) in [5.74, 6) is 0.385. The third-order valence-corrected chi connectivity index (χ3v) is 3.46. The summed E-state index contributed by atoms with van der Waals surface area (Å²) >= 11 is 5.52. The average Bonchev–Trinajstić information content (AvgIpc) is 2.79. The number of rotatable bonds is 4. The van der Waals surface area contributed by atoms with Gasteiger partial charge in [0.1, 0.15) is 0 Å². The van der Waals surface area contributed by atoms with Crippen molar-refractivity contribution in [2.75, 3.05) is 11.9 Å². The summed E-state index contributed by atoms with van der Waals surface area (Å²) in [5.41, 5.74) is 0.637. The zero-order valence-corrected chi connectivity index (χ0v) is 11.4. The molecule has 0 saturated heterocycles. The number of ether oxygens (including phenoxy) is 1. The van der Waals surface area contributed by atoms with E-state index in [1.807, 2.05) is 12.3 Å². The monoisotopic (exact) mass is 280 g/mol. The number of nitrogens with zero attached hydrogens (tertiary/aromatic N) is 1. The Morgan fingerprint density at radius 1 is 1.56 bits per heavy atom. The minimum Gasteiger partial charge on any atom is -0.478 e. The largest absolute Gasteiger partial charge is 0.478 e. The number of hydrogen-bond donors (Lipinski definition) is 2. The van der Waals surface area contributed by atoms with Crippen LogP contribution >= 0.6 is 24.0 Å². The van der Waals surface area contributed by atoms with Gasteiger partial charge >= 0.3 is 0 Å². The number of pyridine rings is 1. The van der Waals surface area contributed by atoms with Gasteiger partial charge in [-0.1, -0.05) is 0 Å². The Labute approximate surface area is 114 Å². The van der Waals surface area contributed by atoms with Crippen LogP contribution < -0.4 is 10.1 Å². The molecule has 6 heteroatoms. The van der Waals surface area contributed by atoms with Crippen LogP contribution in [0.3, 0.4) is 0 Å². The van der Waals surface area contributed by atoms with Crippen molar-refractivity contribution in [3.63, 3.8) is 0 Å². The molecule has 0 unspecified atom stereocenters. The van der Waals surface area contributed by atoms with E-state index in [1.165, 1.54) is 11.3 Å². The molecule has 18 heavy (non-hydrogen) atoms. The molecule has 0 saturated carbocycles. The van der Waals surface area contributed by atoms with Crippen molar-refractivity contribution >= 4 is 35.6 Å². The molecule has 0 fully saturated rings. The molecule has 2 rings (SSSR count). The lowest BCUT2D eigenvalue weighted by Gasteiger charge is -2.05. The van der Waals surface area contributed by atoms with Crippen LogP contribution in [0.2, 0.25) is 0 Å². The zero-order valence-electron chi connectivity index (χ0n) is 9.71. The van der Waals surface area contributed by atoms with Gasteiger partial charge < -0.3 is 10.1 Å². The SMILES string of the molecule is CCOc1ccc(NC(=O)c2cc(S)cs2)cn1. The first-order chi connectivity index (χ1) is 8.69. The van der Waals surface area contributed by atoms with Gasteiger partial charge in [-0.25, -0.2) is 4.98 Å². The zero-order chi connectivity index (χ0) is 13.0. The molecule has 94 valence electrons. The van der Waals surface area contributed by atoms with Gasteiger partial charge in [0, 0.05) is 16.3 Å². The predicted octanol–water partition coefficient (Wildman–Crippen LogP) is 3.08. The first kappa shape index (κ1) is 12.9. The highest BCUT2D eigenvalue weighted by molar-refractivity contribution is 7.80. The lowest BCUT2D eigenvalue weighted by molar-refractivity contribution is 0.103. The molecule has 4 nitrogen and oxygen atoms in total. The molecule has 0 aliphatic rings. The number of thiol groups is 1. The van der Waals surface area contributed by atoms with E-state index in [9.17, 15) is 4.79 Å².